The van der Waals surface area contributed by atoms with E-state index in [-0.39, 0.29) is 5.91 Å². The zero-order valence-corrected chi connectivity index (χ0v) is 12.4. The van der Waals surface area contributed by atoms with Crippen molar-refractivity contribution < 1.29 is 14.7 Å². The van der Waals surface area contributed by atoms with Gasteiger partial charge in [-0.15, -0.1) is 0 Å². The van der Waals surface area contributed by atoms with Gasteiger partial charge in [0.2, 0.25) is 0 Å². The van der Waals surface area contributed by atoms with Crippen LogP contribution in [0.1, 0.15) is 30.3 Å². The number of carbonyl (C=O) groups is 2. The highest BCUT2D eigenvalue weighted by Gasteiger charge is 2.29. The summed E-state index contributed by atoms with van der Waals surface area (Å²) in [5.41, 5.74) is 0.611. The van der Waals surface area contributed by atoms with E-state index in [9.17, 15) is 9.59 Å². The van der Waals surface area contributed by atoms with Crippen molar-refractivity contribution in [3.05, 3.63) is 22.4 Å². The molecule has 104 valence electrons. The van der Waals surface area contributed by atoms with E-state index in [2.05, 4.69) is 15.9 Å². The largest absolute Gasteiger partial charge is 0.481 e. The van der Waals surface area contributed by atoms with Crippen LogP contribution in [0.2, 0.25) is 0 Å². The molecule has 1 fully saturated rings. The fourth-order valence-corrected chi connectivity index (χ4v) is 2.90. The normalized spacial score (nSPS) is 19.5. The van der Waals surface area contributed by atoms with Gasteiger partial charge in [0.15, 0.2) is 0 Å². The maximum atomic E-state index is 12.5. The van der Waals surface area contributed by atoms with Gasteiger partial charge in [-0.25, -0.2) is 0 Å². The van der Waals surface area contributed by atoms with E-state index in [4.69, 9.17) is 5.11 Å². The summed E-state index contributed by atoms with van der Waals surface area (Å²) < 4.78 is 2.74. The van der Waals surface area contributed by atoms with Gasteiger partial charge in [-0.3, -0.25) is 9.59 Å². The smallest absolute Gasteiger partial charge is 0.308 e. The molecule has 0 unspecified atom stereocenters. The summed E-state index contributed by atoms with van der Waals surface area (Å²) in [5, 5.41) is 9.06. The Kier molecular flexibility index (Phi) is 4.29. The number of amides is 1. The highest BCUT2D eigenvalue weighted by atomic mass is 79.9. The quantitative estimate of drug-likeness (QED) is 0.925. The second kappa shape index (κ2) is 5.77. The van der Waals surface area contributed by atoms with Crippen LogP contribution in [-0.2, 0) is 11.3 Å². The predicted octanol–water partition coefficient (Wildman–Crippen LogP) is 2.21. The highest BCUT2D eigenvalue weighted by Crippen LogP contribution is 2.21. The zero-order valence-electron chi connectivity index (χ0n) is 10.8. The van der Waals surface area contributed by atoms with Crippen LogP contribution in [0.3, 0.4) is 0 Å². The number of hydrogen-bond acceptors (Lipinski definition) is 2. The van der Waals surface area contributed by atoms with Crippen LogP contribution in [0.25, 0.3) is 0 Å². The molecule has 1 atom stereocenters. The number of likely N-dealkylation sites (tertiary alicyclic amines) is 1. The Morgan fingerprint density at radius 3 is 2.89 bits per heavy atom. The molecule has 1 aromatic rings. The van der Waals surface area contributed by atoms with Gasteiger partial charge in [-0.1, -0.05) is 0 Å². The van der Waals surface area contributed by atoms with E-state index in [1.807, 2.05) is 17.7 Å². The van der Waals surface area contributed by atoms with Gasteiger partial charge in [0, 0.05) is 30.3 Å². The second-order valence-corrected chi connectivity index (χ2v) is 5.67. The summed E-state index contributed by atoms with van der Waals surface area (Å²) in [7, 11) is 0. The Balaban J connectivity index is 2.16. The zero-order chi connectivity index (χ0) is 14.0. The lowest BCUT2D eigenvalue weighted by molar-refractivity contribution is -0.143. The molecule has 19 heavy (non-hydrogen) atoms. The minimum atomic E-state index is -0.815. The van der Waals surface area contributed by atoms with Crippen LogP contribution in [0.15, 0.2) is 16.7 Å². The number of hydrogen-bond donors (Lipinski definition) is 1. The molecular formula is C13H17BrN2O3. The SMILES string of the molecule is CCn1cc(Br)cc1C(=O)N1CCC[C@@H](C(=O)O)C1. The van der Waals surface area contributed by atoms with E-state index in [0.717, 1.165) is 10.9 Å². The third-order valence-electron chi connectivity index (χ3n) is 3.48. The number of piperidine rings is 1. The molecule has 1 N–H and O–H groups in total. The van der Waals surface area contributed by atoms with Crippen LogP contribution in [-0.4, -0.2) is 39.5 Å². The first-order chi connectivity index (χ1) is 9.02. The molecule has 1 amide bonds. The van der Waals surface area contributed by atoms with Gasteiger partial charge in [0.1, 0.15) is 5.69 Å². The van der Waals surface area contributed by atoms with Crippen molar-refractivity contribution >= 4 is 27.8 Å². The molecule has 0 aliphatic carbocycles. The Hall–Kier alpha value is -1.30. The van der Waals surface area contributed by atoms with Crippen LogP contribution in [0.5, 0.6) is 0 Å². The Morgan fingerprint density at radius 1 is 1.53 bits per heavy atom. The van der Waals surface area contributed by atoms with Crippen LogP contribution < -0.4 is 0 Å². The van der Waals surface area contributed by atoms with E-state index >= 15 is 0 Å². The second-order valence-electron chi connectivity index (χ2n) is 4.76. The number of aryl methyl sites for hydroxylation is 1. The molecule has 2 rings (SSSR count). The molecular weight excluding hydrogens is 312 g/mol. The van der Waals surface area contributed by atoms with Gasteiger partial charge >= 0.3 is 5.97 Å². The Bertz CT molecular complexity index is 498. The van der Waals surface area contributed by atoms with E-state index < -0.39 is 11.9 Å². The summed E-state index contributed by atoms with van der Waals surface area (Å²) in [6, 6.07) is 1.79. The van der Waals surface area contributed by atoms with E-state index in [1.165, 1.54) is 0 Å². The number of nitrogens with zero attached hydrogens (tertiary/aromatic N) is 2. The summed E-state index contributed by atoms with van der Waals surface area (Å²) >= 11 is 3.37. The third kappa shape index (κ3) is 3.00. The van der Waals surface area contributed by atoms with E-state index in [0.29, 0.717) is 31.7 Å². The van der Waals surface area contributed by atoms with Crippen molar-refractivity contribution in [3.63, 3.8) is 0 Å². The van der Waals surface area contributed by atoms with Crippen molar-refractivity contribution in [1.29, 1.82) is 0 Å². The molecule has 1 aliphatic heterocycles. The maximum absolute atomic E-state index is 12.5. The Morgan fingerprint density at radius 2 is 2.26 bits per heavy atom. The lowest BCUT2D eigenvalue weighted by atomic mass is 9.98. The van der Waals surface area contributed by atoms with Gasteiger partial charge < -0.3 is 14.6 Å². The molecule has 0 spiro atoms. The first kappa shape index (κ1) is 14.1. The number of aliphatic carboxylic acids is 1. The number of carbonyl (C=O) groups excluding carboxylic acids is 1. The van der Waals surface area contributed by atoms with Crippen molar-refractivity contribution in [2.45, 2.75) is 26.3 Å². The van der Waals surface area contributed by atoms with Gasteiger partial charge in [-0.05, 0) is 41.8 Å². The van der Waals surface area contributed by atoms with Crippen LogP contribution in [0.4, 0.5) is 0 Å². The Labute approximate surface area is 120 Å². The number of halogens is 1. The fraction of sp³-hybridized carbons (Fsp3) is 0.538. The lowest BCUT2D eigenvalue weighted by Gasteiger charge is -2.30. The van der Waals surface area contributed by atoms with Crippen molar-refractivity contribution in [2.24, 2.45) is 5.92 Å². The van der Waals surface area contributed by atoms with E-state index in [1.54, 1.807) is 11.0 Å². The molecule has 6 heteroatoms. The average molecular weight is 329 g/mol. The van der Waals surface area contributed by atoms with Gasteiger partial charge in [-0.2, -0.15) is 0 Å². The summed E-state index contributed by atoms with van der Waals surface area (Å²) in [5.74, 6) is -1.34. The minimum absolute atomic E-state index is 0.0847. The maximum Gasteiger partial charge on any atom is 0.308 e. The molecule has 0 bridgehead atoms. The number of carboxylic acid groups (broad SMARTS) is 1. The number of rotatable bonds is 3. The first-order valence-electron chi connectivity index (χ1n) is 6.40. The van der Waals surface area contributed by atoms with Crippen LogP contribution >= 0.6 is 15.9 Å². The van der Waals surface area contributed by atoms with Crippen LogP contribution in [0, 0.1) is 5.92 Å². The average Bonchev–Trinajstić information content (AvgIpc) is 2.79. The topological polar surface area (TPSA) is 62.5 Å². The highest BCUT2D eigenvalue weighted by molar-refractivity contribution is 9.10. The molecule has 1 aromatic heterocycles. The summed E-state index contributed by atoms with van der Waals surface area (Å²) in [6.45, 7) is 3.62. The molecule has 0 radical (unpaired) electrons. The molecule has 0 aromatic carbocycles. The third-order valence-corrected chi connectivity index (χ3v) is 3.91. The van der Waals surface area contributed by atoms with Gasteiger partial charge in [0.05, 0.1) is 5.92 Å². The predicted molar refractivity (Wildman–Crippen MR) is 74.1 cm³/mol. The lowest BCUT2D eigenvalue weighted by Crippen LogP contribution is -2.42. The minimum Gasteiger partial charge on any atom is -0.481 e. The summed E-state index contributed by atoms with van der Waals surface area (Å²) in [6.07, 6.45) is 3.26. The van der Waals surface area contributed by atoms with Gasteiger partial charge in [0.25, 0.3) is 5.91 Å². The summed E-state index contributed by atoms with van der Waals surface area (Å²) in [4.78, 5) is 25.1. The van der Waals surface area contributed by atoms with Crippen molar-refractivity contribution in [3.8, 4) is 0 Å². The van der Waals surface area contributed by atoms with Crippen molar-refractivity contribution in [1.82, 2.24) is 9.47 Å². The molecule has 5 nitrogen and oxygen atoms in total. The first-order valence-corrected chi connectivity index (χ1v) is 7.20. The van der Waals surface area contributed by atoms with Crippen molar-refractivity contribution in [2.75, 3.05) is 13.1 Å². The molecule has 1 aliphatic rings. The molecule has 1 saturated heterocycles. The molecule has 0 saturated carbocycles. The fourth-order valence-electron chi connectivity index (χ4n) is 2.44. The number of aromatic nitrogens is 1. The monoisotopic (exact) mass is 328 g/mol. The number of carboxylic acids is 1. The molecule has 2 heterocycles. The standard InChI is InChI=1S/C13H17BrN2O3/c1-2-15-8-10(14)6-11(15)12(17)16-5-3-4-9(7-16)13(18)19/h6,8-9H,2-5,7H2,1H3,(H,18,19)/t9-/m1/s1.